The van der Waals surface area contributed by atoms with Gasteiger partial charge < -0.3 is 0 Å². The van der Waals surface area contributed by atoms with Crippen LogP contribution in [0.1, 0.15) is 41.5 Å². The standard InChI is InChI=1S/C17H17Cl3/c1-3-11-5-6-13(9-12(11)4-2)17(20)15-8-7-14(18)10-16(15)19/h5-10,17H,3-4H2,1-2H3. The Morgan fingerprint density at radius 2 is 1.60 bits per heavy atom. The predicted octanol–water partition coefficient (Wildman–Crippen LogP) is 6.45. The maximum atomic E-state index is 6.59. The lowest BCUT2D eigenvalue weighted by Crippen LogP contribution is -1.98. The van der Waals surface area contributed by atoms with Gasteiger partial charge in [-0.05, 0) is 47.2 Å². The molecule has 0 fully saturated rings. The number of rotatable bonds is 4. The van der Waals surface area contributed by atoms with Crippen molar-refractivity contribution in [3.63, 3.8) is 0 Å². The molecule has 0 N–H and O–H groups in total. The summed E-state index contributed by atoms with van der Waals surface area (Å²) in [6.45, 7) is 4.33. The van der Waals surface area contributed by atoms with Crippen molar-refractivity contribution in [2.75, 3.05) is 0 Å². The lowest BCUT2D eigenvalue weighted by molar-refractivity contribution is 1.02. The molecule has 0 bridgehead atoms. The van der Waals surface area contributed by atoms with Gasteiger partial charge in [0.1, 0.15) is 0 Å². The number of benzene rings is 2. The van der Waals surface area contributed by atoms with E-state index in [4.69, 9.17) is 34.8 Å². The average Bonchev–Trinajstić information content (AvgIpc) is 2.45. The van der Waals surface area contributed by atoms with Crippen LogP contribution in [0, 0.1) is 0 Å². The minimum Gasteiger partial charge on any atom is -0.113 e. The van der Waals surface area contributed by atoms with Gasteiger partial charge in [-0.3, -0.25) is 0 Å². The Labute approximate surface area is 135 Å². The van der Waals surface area contributed by atoms with E-state index in [1.165, 1.54) is 11.1 Å². The summed E-state index contributed by atoms with van der Waals surface area (Å²) in [5.41, 5.74) is 4.69. The van der Waals surface area contributed by atoms with Gasteiger partial charge in [-0.2, -0.15) is 0 Å². The van der Waals surface area contributed by atoms with Crippen LogP contribution in [-0.2, 0) is 12.8 Å². The van der Waals surface area contributed by atoms with E-state index >= 15 is 0 Å². The van der Waals surface area contributed by atoms with Crippen LogP contribution in [0.5, 0.6) is 0 Å². The summed E-state index contributed by atoms with van der Waals surface area (Å²) in [6.07, 6.45) is 2.05. The van der Waals surface area contributed by atoms with Gasteiger partial charge in [0.25, 0.3) is 0 Å². The Balaban J connectivity index is 2.40. The Hall–Kier alpha value is -0.690. The van der Waals surface area contributed by atoms with E-state index in [1.54, 1.807) is 6.07 Å². The second kappa shape index (κ2) is 6.85. The van der Waals surface area contributed by atoms with Gasteiger partial charge in [-0.15, -0.1) is 11.6 Å². The molecule has 2 aromatic carbocycles. The minimum atomic E-state index is -0.254. The third kappa shape index (κ3) is 3.31. The average molecular weight is 328 g/mol. The number of alkyl halides is 1. The van der Waals surface area contributed by atoms with Crippen LogP contribution in [0.2, 0.25) is 10.0 Å². The molecule has 1 unspecified atom stereocenters. The Morgan fingerprint density at radius 3 is 2.20 bits per heavy atom. The van der Waals surface area contributed by atoms with Crippen LogP contribution in [0.15, 0.2) is 36.4 Å². The van der Waals surface area contributed by atoms with Gasteiger partial charge in [-0.25, -0.2) is 0 Å². The summed E-state index contributed by atoms with van der Waals surface area (Å²) < 4.78 is 0. The van der Waals surface area contributed by atoms with Crippen LogP contribution < -0.4 is 0 Å². The van der Waals surface area contributed by atoms with Crippen molar-refractivity contribution in [3.8, 4) is 0 Å². The van der Waals surface area contributed by atoms with Crippen LogP contribution >= 0.6 is 34.8 Å². The zero-order valence-electron chi connectivity index (χ0n) is 11.6. The van der Waals surface area contributed by atoms with Crippen molar-refractivity contribution in [1.29, 1.82) is 0 Å². The SMILES string of the molecule is CCc1ccc(C(Cl)c2ccc(Cl)cc2Cl)cc1CC. The molecule has 1 atom stereocenters. The van der Waals surface area contributed by atoms with Crippen molar-refractivity contribution >= 4 is 34.8 Å². The molecule has 20 heavy (non-hydrogen) atoms. The normalized spacial score (nSPS) is 12.4. The van der Waals surface area contributed by atoms with Crippen molar-refractivity contribution in [1.82, 2.24) is 0 Å². The van der Waals surface area contributed by atoms with Gasteiger partial charge in [0.15, 0.2) is 0 Å². The number of hydrogen-bond donors (Lipinski definition) is 0. The van der Waals surface area contributed by atoms with Gasteiger partial charge in [-0.1, -0.05) is 61.3 Å². The molecule has 0 radical (unpaired) electrons. The molecule has 0 aliphatic carbocycles. The molecule has 0 aliphatic rings. The highest BCUT2D eigenvalue weighted by Crippen LogP contribution is 2.35. The van der Waals surface area contributed by atoms with Crippen molar-refractivity contribution < 1.29 is 0 Å². The van der Waals surface area contributed by atoms with Crippen molar-refractivity contribution in [2.45, 2.75) is 32.1 Å². The molecule has 0 saturated heterocycles. The lowest BCUT2D eigenvalue weighted by atomic mass is 9.96. The van der Waals surface area contributed by atoms with Crippen LogP contribution in [0.25, 0.3) is 0 Å². The van der Waals surface area contributed by atoms with E-state index in [0.29, 0.717) is 10.0 Å². The molecule has 0 nitrogen and oxygen atoms in total. The monoisotopic (exact) mass is 326 g/mol. The summed E-state index contributed by atoms with van der Waals surface area (Å²) in [5.74, 6) is 0. The fourth-order valence-corrected chi connectivity index (χ4v) is 3.26. The van der Waals surface area contributed by atoms with E-state index in [2.05, 4.69) is 32.0 Å². The fourth-order valence-electron chi connectivity index (χ4n) is 2.36. The van der Waals surface area contributed by atoms with Gasteiger partial charge in [0.05, 0.1) is 5.38 Å². The number of halogens is 3. The molecule has 2 aromatic rings. The summed E-state index contributed by atoms with van der Waals surface area (Å²) in [6, 6.07) is 11.9. The van der Waals surface area contributed by atoms with E-state index in [-0.39, 0.29) is 5.38 Å². The summed E-state index contributed by atoms with van der Waals surface area (Å²) >= 11 is 18.8. The highest BCUT2D eigenvalue weighted by atomic mass is 35.5. The number of hydrogen-bond acceptors (Lipinski definition) is 0. The second-order valence-electron chi connectivity index (χ2n) is 4.76. The first kappa shape index (κ1) is 15.7. The summed E-state index contributed by atoms with van der Waals surface area (Å²) in [4.78, 5) is 0. The molecule has 0 aliphatic heterocycles. The molecule has 3 heteroatoms. The topological polar surface area (TPSA) is 0 Å². The molecule has 106 valence electrons. The zero-order valence-corrected chi connectivity index (χ0v) is 13.9. The first-order valence-electron chi connectivity index (χ1n) is 6.77. The molecule has 0 heterocycles. The third-order valence-corrected chi connectivity index (χ3v) is 4.57. The largest absolute Gasteiger partial charge is 0.113 e. The quantitative estimate of drug-likeness (QED) is 0.566. The first-order valence-corrected chi connectivity index (χ1v) is 7.96. The Morgan fingerprint density at radius 1 is 0.900 bits per heavy atom. The summed E-state index contributed by atoms with van der Waals surface area (Å²) in [5, 5.41) is 0.976. The van der Waals surface area contributed by atoms with Gasteiger partial charge in [0.2, 0.25) is 0 Å². The fraction of sp³-hybridized carbons (Fsp3) is 0.294. The third-order valence-electron chi connectivity index (χ3n) is 3.52. The van der Waals surface area contributed by atoms with Crippen molar-refractivity contribution in [3.05, 3.63) is 68.7 Å². The first-order chi connectivity index (χ1) is 9.56. The van der Waals surface area contributed by atoms with Gasteiger partial charge in [0, 0.05) is 10.0 Å². The van der Waals surface area contributed by atoms with E-state index in [0.717, 1.165) is 24.0 Å². The number of aryl methyl sites for hydroxylation is 2. The second-order valence-corrected chi connectivity index (χ2v) is 6.04. The highest BCUT2D eigenvalue weighted by molar-refractivity contribution is 6.36. The minimum absolute atomic E-state index is 0.254. The van der Waals surface area contributed by atoms with Crippen LogP contribution in [-0.4, -0.2) is 0 Å². The predicted molar refractivity (Wildman–Crippen MR) is 89.4 cm³/mol. The zero-order chi connectivity index (χ0) is 14.7. The molecule has 0 spiro atoms. The maximum absolute atomic E-state index is 6.59. The van der Waals surface area contributed by atoms with E-state index < -0.39 is 0 Å². The molecular weight excluding hydrogens is 311 g/mol. The molecule has 2 rings (SSSR count). The lowest BCUT2D eigenvalue weighted by Gasteiger charge is -2.15. The van der Waals surface area contributed by atoms with Crippen LogP contribution in [0.4, 0.5) is 0 Å². The Bertz CT molecular complexity index is 605. The molecule has 0 saturated carbocycles. The molecule has 0 amide bonds. The summed E-state index contributed by atoms with van der Waals surface area (Å²) in [7, 11) is 0. The molecule has 0 aromatic heterocycles. The van der Waals surface area contributed by atoms with E-state index in [1.807, 2.05) is 12.1 Å². The molecular formula is C17H17Cl3. The Kier molecular flexibility index (Phi) is 5.37. The van der Waals surface area contributed by atoms with Gasteiger partial charge >= 0.3 is 0 Å². The van der Waals surface area contributed by atoms with Crippen molar-refractivity contribution in [2.24, 2.45) is 0 Å². The van der Waals surface area contributed by atoms with E-state index in [9.17, 15) is 0 Å². The highest BCUT2D eigenvalue weighted by Gasteiger charge is 2.15. The van der Waals surface area contributed by atoms with Crippen LogP contribution in [0.3, 0.4) is 0 Å². The maximum Gasteiger partial charge on any atom is 0.0849 e. The smallest absolute Gasteiger partial charge is 0.0849 e.